The fraction of sp³-hybridized carbons (Fsp3) is 0.368. The molecule has 0 aromatic heterocycles. The fourth-order valence-corrected chi connectivity index (χ4v) is 2.25. The monoisotopic (exact) mass is 282 g/mol. The van der Waals surface area contributed by atoms with Gasteiger partial charge in [0.2, 0.25) is 0 Å². The number of benzene rings is 2. The zero-order valence-corrected chi connectivity index (χ0v) is 12.3. The van der Waals surface area contributed by atoms with Crippen LogP contribution in [-0.2, 0) is 17.8 Å². The molecular weight excluding hydrogens is 260 g/mol. The van der Waals surface area contributed by atoms with Crippen molar-refractivity contribution in [2.45, 2.75) is 38.4 Å². The van der Waals surface area contributed by atoms with Gasteiger partial charge in [0.25, 0.3) is 0 Å². The number of aryl methyl sites for hydroxylation is 1. The van der Waals surface area contributed by atoms with Crippen LogP contribution in [0, 0.1) is 0 Å². The summed E-state index contributed by atoms with van der Waals surface area (Å²) in [6.07, 6.45) is 5.26. The zero-order chi connectivity index (χ0) is 14.3. The summed E-state index contributed by atoms with van der Waals surface area (Å²) in [5.41, 5.74) is 2.54. The molecule has 110 valence electrons. The largest absolute Gasteiger partial charge is 0.489 e. The summed E-state index contributed by atoms with van der Waals surface area (Å²) in [6, 6.07) is 18.7. The molecule has 0 unspecified atom stereocenters. The Hall–Kier alpha value is -1.80. The van der Waals surface area contributed by atoms with Gasteiger partial charge in [0.05, 0.1) is 6.10 Å². The van der Waals surface area contributed by atoms with Crippen molar-refractivity contribution in [2.75, 3.05) is 6.61 Å². The van der Waals surface area contributed by atoms with Crippen LogP contribution in [0.4, 0.5) is 0 Å². The Kier molecular flexibility index (Phi) is 4.90. The first-order chi connectivity index (χ1) is 10.4. The highest BCUT2D eigenvalue weighted by atomic mass is 16.5. The third-order valence-corrected chi connectivity index (χ3v) is 3.66. The van der Waals surface area contributed by atoms with Crippen LogP contribution in [0.5, 0.6) is 5.75 Å². The van der Waals surface area contributed by atoms with Crippen LogP contribution >= 0.6 is 0 Å². The summed E-state index contributed by atoms with van der Waals surface area (Å²) in [5.74, 6) is 0.928. The van der Waals surface area contributed by atoms with E-state index in [0.29, 0.717) is 12.7 Å². The van der Waals surface area contributed by atoms with E-state index in [-0.39, 0.29) is 0 Å². The molecule has 2 aromatic carbocycles. The number of ether oxygens (including phenoxy) is 2. The van der Waals surface area contributed by atoms with E-state index in [9.17, 15) is 0 Å². The molecule has 1 aliphatic rings. The van der Waals surface area contributed by atoms with Gasteiger partial charge in [0.1, 0.15) is 12.4 Å². The summed E-state index contributed by atoms with van der Waals surface area (Å²) in [4.78, 5) is 0. The molecule has 0 saturated heterocycles. The van der Waals surface area contributed by atoms with Crippen molar-refractivity contribution < 1.29 is 9.47 Å². The molecule has 0 spiro atoms. The maximum Gasteiger partial charge on any atom is 0.119 e. The number of hydrogen-bond acceptors (Lipinski definition) is 2. The second-order valence-electron chi connectivity index (χ2n) is 5.59. The van der Waals surface area contributed by atoms with Crippen molar-refractivity contribution >= 4 is 0 Å². The Bertz CT molecular complexity index is 529. The first-order valence-corrected chi connectivity index (χ1v) is 7.77. The molecule has 0 N–H and O–H groups in total. The zero-order valence-electron chi connectivity index (χ0n) is 12.3. The Balaban J connectivity index is 1.40. The summed E-state index contributed by atoms with van der Waals surface area (Å²) < 4.78 is 11.4. The standard InChI is InChI=1S/C19H22O2/c1-2-5-17(6-3-1)15-21-19-10-8-16(9-11-19)7-4-14-20-18-12-13-18/h1-3,5-6,8-11,18H,4,7,12-15H2. The molecule has 1 saturated carbocycles. The van der Waals surface area contributed by atoms with Crippen molar-refractivity contribution in [2.24, 2.45) is 0 Å². The van der Waals surface area contributed by atoms with Crippen molar-refractivity contribution in [3.8, 4) is 5.75 Å². The second-order valence-corrected chi connectivity index (χ2v) is 5.59. The molecule has 2 nitrogen and oxygen atoms in total. The van der Waals surface area contributed by atoms with Crippen LogP contribution in [0.1, 0.15) is 30.4 Å². The van der Waals surface area contributed by atoms with Crippen molar-refractivity contribution in [3.63, 3.8) is 0 Å². The number of rotatable bonds is 8. The van der Waals surface area contributed by atoms with Crippen LogP contribution in [-0.4, -0.2) is 12.7 Å². The van der Waals surface area contributed by atoms with Crippen LogP contribution in [0.2, 0.25) is 0 Å². The first kappa shape index (κ1) is 14.2. The van der Waals surface area contributed by atoms with Gasteiger partial charge in [-0.25, -0.2) is 0 Å². The lowest BCUT2D eigenvalue weighted by Crippen LogP contribution is -1.98. The van der Waals surface area contributed by atoms with E-state index in [0.717, 1.165) is 25.2 Å². The quantitative estimate of drug-likeness (QED) is 0.669. The summed E-state index contributed by atoms with van der Waals surface area (Å²) in [5, 5.41) is 0. The van der Waals surface area contributed by atoms with Gasteiger partial charge in [0.15, 0.2) is 0 Å². The van der Waals surface area contributed by atoms with Crippen molar-refractivity contribution in [3.05, 3.63) is 65.7 Å². The normalized spacial score (nSPS) is 14.1. The lowest BCUT2D eigenvalue weighted by molar-refractivity contribution is 0.117. The fourth-order valence-electron chi connectivity index (χ4n) is 2.25. The van der Waals surface area contributed by atoms with Gasteiger partial charge in [0, 0.05) is 6.61 Å². The summed E-state index contributed by atoms with van der Waals surface area (Å²) in [6.45, 7) is 1.51. The van der Waals surface area contributed by atoms with Gasteiger partial charge in [-0.15, -0.1) is 0 Å². The minimum atomic E-state index is 0.568. The maximum absolute atomic E-state index is 5.79. The van der Waals surface area contributed by atoms with Gasteiger partial charge in [-0.05, 0) is 48.9 Å². The Labute approximate surface area is 126 Å². The minimum Gasteiger partial charge on any atom is -0.489 e. The molecule has 21 heavy (non-hydrogen) atoms. The molecule has 0 heterocycles. The van der Waals surface area contributed by atoms with Crippen LogP contribution < -0.4 is 4.74 Å². The highest BCUT2D eigenvalue weighted by molar-refractivity contribution is 5.27. The molecule has 2 heteroatoms. The van der Waals surface area contributed by atoms with E-state index in [1.165, 1.54) is 24.0 Å². The van der Waals surface area contributed by atoms with Gasteiger partial charge in [-0.2, -0.15) is 0 Å². The smallest absolute Gasteiger partial charge is 0.119 e. The predicted octanol–water partition coefficient (Wildman–Crippen LogP) is 4.38. The van der Waals surface area contributed by atoms with Gasteiger partial charge in [-0.3, -0.25) is 0 Å². The summed E-state index contributed by atoms with van der Waals surface area (Å²) in [7, 11) is 0. The predicted molar refractivity (Wildman–Crippen MR) is 84.5 cm³/mol. The number of hydrogen-bond donors (Lipinski definition) is 0. The van der Waals surface area contributed by atoms with Gasteiger partial charge < -0.3 is 9.47 Å². The topological polar surface area (TPSA) is 18.5 Å². The average Bonchev–Trinajstić information content (AvgIpc) is 3.36. The van der Waals surface area contributed by atoms with Crippen LogP contribution in [0.3, 0.4) is 0 Å². The molecular formula is C19H22O2. The van der Waals surface area contributed by atoms with E-state index in [1.54, 1.807) is 0 Å². The molecule has 1 aliphatic carbocycles. The maximum atomic E-state index is 5.79. The molecule has 0 amide bonds. The lowest BCUT2D eigenvalue weighted by Gasteiger charge is -2.07. The second kappa shape index (κ2) is 7.28. The Morgan fingerprint density at radius 3 is 2.33 bits per heavy atom. The molecule has 1 fully saturated rings. The first-order valence-electron chi connectivity index (χ1n) is 7.77. The molecule has 0 aliphatic heterocycles. The third kappa shape index (κ3) is 4.91. The molecule has 0 atom stereocenters. The van der Waals surface area contributed by atoms with Crippen molar-refractivity contribution in [1.29, 1.82) is 0 Å². The van der Waals surface area contributed by atoms with Gasteiger partial charge >= 0.3 is 0 Å². The van der Waals surface area contributed by atoms with E-state index in [2.05, 4.69) is 36.4 Å². The summed E-state index contributed by atoms with van der Waals surface area (Å²) >= 11 is 0. The average molecular weight is 282 g/mol. The van der Waals surface area contributed by atoms with E-state index in [4.69, 9.17) is 9.47 Å². The van der Waals surface area contributed by atoms with E-state index < -0.39 is 0 Å². The third-order valence-electron chi connectivity index (χ3n) is 3.66. The SMILES string of the molecule is c1ccc(COc2ccc(CCCOC3CC3)cc2)cc1. The molecule has 2 aromatic rings. The highest BCUT2D eigenvalue weighted by Gasteiger charge is 2.21. The lowest BCUT2D eigenvalue weighted by atomic mass is 10.1. The van der Waals surface area contributed by atoms with Crippen molar-refractivity contribution in [1.82, 2.24) is 0 Å². The Morgan fingerprint density at radius 1 is 0.857 bits per heavy atom. The van der Waals surface area contributed by atoms with Crippen LogP contribution in [0.25, 0.3) is 0 Å². The van der Waals surface area contributed by atoms with Gasteiger partial charge in [-0.1, -0.05) is 42.5 Å². The van der Waals surface area contributed by atoms with E-state index in [1.807, 2.05) is 18.2 Å². The highest BCUT2D eigenvalue weighted by Crippen LogP contribution is 2.23. The Morgan fingerprint density at radius 2 is 1.62 bits per heavy atom. The molecule has 3 rings (SSSR count). The minimum absolute atomic E-state index is 0.568. The van der Waals surface area contributed by atoms with E-state index >= 15 is 0 Å². The van der Waals surface area contributed by atoms with Crippen LogP contribution in [0.15, 0.2) is 54.6 Å². The molecule has 0 bridgehead atoms. The molecule has 0 radical (unpaired) electrons.